The molecule has 5 heteroatoms. The van der Waals surface area contributed by atoms with Crippen LogP contribution in [0.1, 0.15) is 29.6 Å². The van der Waals surface area contributed by atoms with Crippen molar-refractivity contribution >= 4 is 45.2 Å². The third-order valence-electron chi connectivity index (χ3n) is 2.44. The summed E-state index contributed by atoms with van der Waals surface area (Å²) in [6, 6.07) is 5.21. The van der Waals surface area contributed by atoms with E-state index in [1.54, 1.807) is 18.2 Å². The van der Waals surface area contributed by atoms with E-state index in [0.717, 1.165) is 23.9 Å². The fourth-order valence-electron chi connectivity index (χ4n) is 1.54. The van der Waals surface area contributed by atoms with Crippen molar-refractivity contribution in [3.8, 4) is 0 Å². The molecular formula is C13H17BrClNOS. The largest absolute Gasteiger partial charge is 0.352 e. The van der Waals surface area contributed by atoms with E-state index < -0.39 is 0 Å². The van der Waals surface area contributed by atoms with Gasteiger partial charge in [-0.2, -0.15) is 11.8 Å². The molecule has 0 aliphatic carbocycles. The van der Waals surface area contributed by atoms with Crippen LogP contribution in [-0.2, 0) is 0 Å². The van der Waals surface area contributed by atoms with Crippen LogP contribution in [0.25, 0.3) is 0 Å². The predicted molar refractivity (Wildman–Crippen MR) is 83.7 cm³/mol. The predicted octanol–water partition coefficient (Wildman–Crippen LogP) is 4.37. The molecule has 0 spiro atoms. The number of rotatable bonds is 7. The van der Waals surface area contributed by atoms with E-state index in [1.807, 2.05) is 11.8 Å². The highest BCUT2D eigenvalue weighted by Crippen LogP contribution is 2.19. The number of thioether (sulfide) groups is 1. The Balaban J connectivity index is 2.32. The molecule has 0 radical (unpaired) electrons. The summed E-state index contributed by atoms with van der Waals surface area (Å²) in [6.07, 6.45) is 5.49. The van der Waals surface area contributed by atoms with Gasteiger partial charge in [-0.1, -0.05) is 34.0 Å². The van der Waals surface area contributed by atoms with Crippen LogP contribution in [0.3, 0.4) is 0 Å². The van der Waals surface area contributed by atoms with Gasteiger partial charge in [-0.3, -0.25) is 4.79 Å². The number of hydrogen-bond acceptors (Lipinski definition) is 2. The minimum Gasteiger partial charge on any atom is -0.352 e. The molecule has 0 aliphatic heterocycles. The molecule has 1 aromatic carbocycles. The standard InChI is InChI=1S/C13H17BrClNOS/c1-18-6-4-2-3-5-16-13(17)10-7-11(14)9-12(15)8-10/h7-9H,2-6H2,1H3,(H,16,17). The Morgan fingerprint density at radius 2 is 2.11 bits per heavy atom. The topological polar surface area (TPSA) is 29.1 Å². The summed E-state index contributed by atoms with van der Waals surface area (Å²) in [6.45, 7) is 0.720. The normalized spacial score (nSPS) is 10.4. The second kappa shape index (κ2) is 8.83. The van der Waals surface area contributed by atoms with Gasteiger partial charge in [-0.25, -0.2) is 0 Å². The van der Waals surface area contributed by atoms with Crippen LogP contribution in [0.4, 0.5) is 0 Å². The van der Waals surface area contributed by atoms with Crippen LogP contribution in [0, 0.1) is 0 Å². The lowest BCUT2D eigenvalue weighted by Gasteiger charge is -2.06. The Hall–Kier alpha value is -0.190. The number of halogens is 2. The highest BCUT2D eigenvalue weighted by atomic mass is 79.9. The molecule has 0 atom stereocenters. The van der Waals surface area contributed by atoms with E-state index in [9.17, 15) is 4.79 Å². The maximum Gasteiger partial charge on any atom is 0.251 e. The summed E-state index contributed by atoms with van der Waals surface area (Å²) >= 11 is 11.1. The van der Waals surface area contributed by atoms with E-state index in [1.165, 1.54) is 12.2 Å². The number of unbranched alkanes of at least 4 members (excludes halogenated alkanes) is 2. The second-order valence-corrected chi connectivity index (χ2v) is 6.31. The molecule has 1 rings (SSSR count). The third kappa shape index (κ3) is 6.12. The van der Waals surface area contributed by atoms with Gasteiger partial charge >= 0.3 is 0 Å². The summed E-state index contributed by atoms with van der Waals surface area (Å²) in [7, 11) is 0. The number of carbonyl (C=O) groups excluding carboxylic acids is 1. The van der Waals surface area contributed by atoms with E-state index in [2.05, 4.69) is 27.5 Å². The van der Waals surface area contributed by atoms with Gasteiger partial charge < -0.3 is 5.32 Å². The van der Waals surface area contributed by atoms with Gasteiger partial charge in [0.1, 0.15) is 0 Å². The van der Waals surface area contributed by atoms with Crippen molar-refractivity contribution < 1.29 is 4.79 Å². The van der Waals surface area contributed by atoms with Gasteiger partial charge in [0.05, 0.1) is 0 Å². The van der Waals surface area contributed by atoms with E-state index in [-0.39, 0.29) is 5.91 Å². The molecule has 0 unspecified atom stereocenters. The van der Waals surface area contributed by atoms with Crippen LogP contribution < -0.4 is 5.32 Å². The fourth-order valence-corrected chi connectivity index (χ4v) is 2.89. The van der Waals surface area contributed by atoms with Crippen molar-refractivity contribution in [2.75, 3.05) is 18.6 Å². The molecular weight excluding hydrogens is 334 g/mol. The molecule has 0 heterocycles. The van der Waals surface area contributed by atoms with Gasteiger partial charge in [0.15, 0.2) is 0 Å². The minimum absolute atomic E-state index is 0.0666. The van der Waals surface area contributed by atoms with Crippen LogP contribution >= 0.6 is 39.3 Å². The molecule has 1 amide bonds. The van der Waals surface area contributed by atoms with Crippen molar-refractivity contribution in [3.05, 3.63) is 33.3 Å². The molecule has 100 valence electrons. The molecule has 0 saturated heterocycles. The Bertz CT molecular complexity index is 380. The van der Waals surface area contributed by atoms with Crippen LogP contribution in [0.2, 0.25) is 5.02 Å². The first-order valence-electron chi connectivity index (χ1n) is 5.86. The monoisotopic (exact) mass is 349 g/mol. The molecule has 0 bridgehead atoms. The highest BCUT2D eigenvalue weighted by molar-refractivity contribution is 9.10. The van der Waals surface area contributed by atoms with Gasteiger partial charge in [0.2, 0.25) is 0 Å². The average molecular weight is 351 g/mol. The molecule has 0 fully saturated rings. The smallest absolute Gasteiger partial charge is 0.251 e. The van der Waals surface area contributed by atoms with Crippen LogP contribution in [-0.4, -0.2) is 24.5 Å². The summed E-state index contributed by atoms with van der Waals surface area (Å²) in [5.41, 5.74) is 0.596. The van der Waals surface area contributed by atoms with Gasteiger partial charge in [-0.05, 0) is 43.0 Å². The number of amides is 1. The van der Waals surface area contributed by atoms with Crippen molar-refractivity contribution in [1.29, 1.82) is 0 Å². The van der Waals surface area contributed by atoms with Gasteiger partial charge in [-0.15, -0.1) is 0 Å². The van der Waals surface area contributed by atoms with Crippen molar-refractivity contribution in [1.82, 2.24) is 5.32 Å². The molecule has 2 nitrogen and oxygen atoms in total. The lowest BCUT2D eigenvalue weighted by atomic mass is 10.2. The lowest BCUT2D eigenvalue weighted by molar-refractivity contribution is 0.0953. The molecule has 1 aromatic rings. The zero-order valence-electron chi connectivity index (χ0n) is 10.3. The van der Waals surface area contributed by atoms with Gasteiger partial charge in [0, 0.05) is 21.6 Å². The molecule has 0 saturated carbocycles. The van der Waals surface area contributed by atoms with E-state index >= 15 is 0 Å². The zero-order valence-corrected chi connectivity index (χ0v) is 13.5. The summed E-state index contributed by atoms with van der Waals surface area (Å²) in [5.74, 6) is 1.12. The Morgan fingerprint density at radius 3 is 2.78 bits per heavy atom. The van der Waals surface area contributed by atoms with E-state index in [0.29, 0.717) is 10.6 Å². The Morgan fingerprint density at radius 1 is 1.33 bits per heavy atom. The molecule has 18 heavy (non-hydrogen) atoms. The first-order valence-corrected chi connectivity index (χ1v) is 8.43. The van der Waals surface area contributed by atoms with Crippen molar-refractivity contribution in [3.63, 3.8) is 0 Å². The number of nitrogens with one attached hydrogen (secondary N) is 1. The molecule has 1 N–H and O–H groups in total. The third-order valence-corrected chi connectivity index (χ3v) is 3.81. The van der Waals surface area contributed by atoms with Crippen LogP contribution in [0.15, 0.2) is 22.7 Å². The first kappa shape index (κ1) is 15.9. The number of benzene rings is 1. The number of hydrogen-bond donors (Lipinski definition) is 1. The summed E-state index contributed by atoms with van der Waals surface area (Å²) in [4.78, 5) is 11.8. The van der Waals surface area contributed by atoms with Gasteiger partial charge in [0.25, 0.3) is 5.91 Å². The van der Waals surface area contributed by atoms with Crippen LogP contribution in [0.5, 0.6) is 0 Å². The summed E-state index contributed by atoms with van der Waals surface area (Å²) in [5, 5.41) is 3.47. The Kier molecular flexibility index (Phi) is 7.79. The zero-order chi connectivity index (χ0) is 13.4. The average Bonchev–Trinajstić information content (AvgIpc) is 2.32. The molecule has 0 aromatic heterocycles. The maximum atomic E-state index is 11.8. The summed E-state index contributed by atoms with van der Waals surface area (Å²) < 4.78 is 0.820. The first-order chi connectivity index (χ1) is 8.63. The minimum atomic E-state index is -0.0666. The lowest BCUT2D eigenvalue weighted by Crippen LogP contribution is -2.24. The SMILES string of the molecule is CSCCCCCNC(=O)c1cc(Cl)cc(Br)c1. The highest BCUT2D eigenvalue weighted by Gasteiger charge is 2.06. The van der Waals surface area contributed by atoms with E-state index in [4.69, 9.17) is 11.6 Å². The fraction of sp³-hybridized carbons (Fsp3) is 0.462. The quantitative estimate of drug-likeness (QED) is 0.740. The van der Waals surface area contributed by atoms with Crippen molar-refractivity contribution in [2.45, 2.75) is 19.3 Å². The second-order valence-electron chi connectivity index (χ2n) is 3.97. The van der Waals surface area contributed by atoms with Crippen molar-refractivity contribution in [2.24, 2.45) is 0 Å². The number of carbonyl (C=O) groups is 1. The Labute approximate surface area is 126 Å². The maximum absolute atomic E-state index is 11.8. The molecule has 0 aliphatic rings.